The van der Waals surface area contributed by atoms with Crippen molar-refractivity contribution in [3.05, 3.63) is 0 Å². The fourth-order valence-corrected chi connectivity index (χ4v) is 2.30. The molecule has 0 saturated carbocycles. The zero-order valence-electron chi connectivity index (χ0n) is 9.60. The van der Waals surface area contributed by atoms with Gasteiger partial charge in [0.1, 0.15) is 0 Å². The molecule has 16 heavy (non-hydrogen) atoms. The van der Waals surface area contributed by atoms with E-state index in [1.807, 2.05) is 6.92 Å². The van der Waals surface area contributed by atoms with Crippen LogP contribution in [0.4, 0.5) is 4.79 Å². The molecule has 8 heteroatoms. The number of rotatable bonds is 7. The minimum atomic E-state index is -3.81. The van der Waals surface area contributed by atoms with Crippen molar-refractivity contribution in [3.63, 3.8) is 0 Å². The molecule has 0 aliphatic rings. The summed E-state index contributed by atoms with van der Waals surface area (Å²) in [4.78, 5) is 10.8. The standard InChI is InChI=1S/C8H19N3O4S/c1-3-6-11(7-4-5-9)16(13,14)10-8(12)15-2/h3-7,9H2,1-2H3,(H,10,12). The van der Waals surface area contributed by atoms with Crippen molar-refractivity contribution in [1.29, 1.82) is 0 Å². The summed E-state index contributed by atoms with van der Waals surface area (Å²) < 4.78 is 30.5. The topological polar surface area (TPSA) is 102 Å². The summed E-state index contributed by atoms with van der Waals surface area (Å²) in [6.07, 6.45) is 0.211. The van der Waals surface area contributed by atoms with Gasteiger partial charge in [0, 0.05) is 13.1 Å². The van der Waals surface area contributed by atoms with E-state index >= 15 is 0 Å². The van der Waals surface area contributed by atoms with E-state index < -0.39 is 16.3 Å². The molecule has 7 nitrogen and oxygen atoms in total. The van der Waals surface area contributed by atoms with Crippen molar-refractivity contribution < 1.29 is 17.9 Å². The highest BCUT2D eigenvalue weighted by atomic mass is 32.2. The van der Waals surface area contributed by atoms with E-state index in [4.69, 9.17) is 5.73 Å². The largest absolute Gasteiger partial charge is 0.452 e. The summed E-state index contributed by atoms with van der Waals surface area (Å²) in [7, 11) is -2.71. The van der Waals surface area contributed by atoms with E-state index in [-0.39, 0.29) is 6.54 Å². The maximum absolute atomic E-state index is 11.7. The van der Waals surface area contributed by atoms with Crippen LogP contribution in [-0.2, 0) is 14.9 Å². The smallest absolute Gasteiger partial charge is 0.421 e. The van der Waals surface area contributed by atoms with E-state index in [1.54, 1.807) is 4.72 Å². The summed E-state index contributed by atoms with van der Waals surface area (Å²) in [6, 6.07) is 0. The number of hydrogen-bond acceptors (Lipinski definition) is 5. The second-order valence-corrected chi connectivity index (χ2v) is 4.81. The van der Waals surface area contributed by atoms with Crippen molar-refractivity contribution in [2.75, 3.05) is 26.7 Å². The van der Waals surface area contributed by atoms with Crippen LogP contribution >= 0.6 is 0 Å². The fraction of sp³-hybridized carbons (Fsp3) is 0.875. The monoisotopic (exact) mass is 253 g/mol. The van der Waals surface area contributed by atoms with Crippen molar-refractivity contribution in [2.24, 2.45) is 5.73 Å². The predicted molar refractivity (Wildman–Crippen MR) is 60.0 cm³/mol. The number of nitrogens with zero attached hydrogens (tertiary/aromatic N) is 1. The highest BCUT2D eigenvalue weighted by Crippen LogP contribution is 2.01. The van der Waals surface area contributed by atoms with Crippen LogP contribution in [0.2, 0.25) is 0 Å². The maximum atomic E-state index is 11.7. The van der Waals surface area contributed by atoms with Crippen LogP contribution in [0.1, 0.15) is 19.8 Å². The molecule has 0 heterocycles. The maximum Gasteiger partial charge on any atom is 0.421 e. The van der Waals surface area contributed by atoms with Gasteiger partial charge >= 0.3 is 16.3 Å². The lowest BCUT2D eigenvalue weighted by molar-refractivity contribution is 0.177. The van der Waals surface area contributed by atoms with Crippen LogP contribution in [0, 0.1) is 0 Å². The summed E-state index contributed by atoms with van der Waals surface area (Å²) in [5.74, 6) is 0. The second kappa shape index (κ2) is 7.42. The zero-order chi connectivity index (χ0) is 12.6. The van der Waals surface area contributed by atoms with Gasteiger partial charge in [0.25, 0.3) is 0 Å². The first-order chi connectivity index (χ1) is 7.47. The normalized spacial score (nSPS) is 11.5. The molecular weight excluding hydrogens is 234 g/mol. The van der Waals surface area contributed by atoms with Gasteiger partial charge in [-0.25, -0.2) is 9.52 Å². The molecular formula is C8H19N3O4S. The Morgan fingerprint density at radius 1 is 1.44 bits per heavy atom. The Bertz CT molecular complexity index is 304. The Morgan fingerprint density at radius 2 is 2.06 bits per heavy atom. The molecule has 96 valence electrons. The number of ether oxygens (including phenoxy) is 1. The van der Waals surface area contributed by atoms with Gasteiger partial charge in [0.2, 0.25) is 0 Å². The third kappa shape index (κ3) is 5.29. The van der Waals surface area contributed by atoms with Crippen molar-refractivity contribution in [3.8, 4) is 0 Å². The minimum absolute atomic E-state index is 0.288. The van der Waals surface area contributed by atoms with Gasteiger partial charge in [-0.2, -0.15) is 12.7 Å². The van der Waals surface area contributed by atoms with Crippen molar-refractivity contribution in [1.82, 2.24) is 9.03 Å². The number of carbonyl (C=O) groups is 1. The van der Waals surface area contributed by atoms with Gasteiger partial charge in [-0.05, 0) is 19.4 Å². The molecule has 0 aromatic heterocycles. The molecule has 0 fully saturated rings. The van der Waals surface area contributed by atoms with Crippen LogP contribution in [0.15, 0.2) is 0 Å². The van der Waals surface area contributed by atoms with E-state index in [1.165, 1.54) is 4.31 Å². The number of nitrogens with two attached hydrogens (primary N) is 1. The lowest BCUT2D eigenvalue weighted by Gasteiger charge is -2.20. The SMILES string of the molecule is CCCN(CCCN)S(=O)(=O)NC(=O)OC. The highest BCUT2D eigenvalue weighted by molar-refractivity contribution is 7.87. The van der Waals surface area contributed by atoms with Gasteiger partial charge < -0.3 is 10.5 Å². The number of amides is 1. The Hall–Kier alpha value is -0.860. The van der Waals surface area contributed by atoms with Gasteiger partial charge in [0.05, 0.1) is 7.11 Å². The van der Waals surface area contributed by atoms with E-state index in [0.29, 0.717) is 25.9 Å². The number of hydrogen-bond donors (Lipinski definition) is 2. The average Bonchev–Trinajstić information content (AvgIpc) is 2.23. The van der Waals surface area contributed by atoms with Crippen LogP contribution in [0.5, 0.6) is 0 Å². The van der Waals surface area contributed by atoms with Crippen LogP contribution < -0.4 is 10.5 Å². The quantitative estimate of drug-likeness (QED) is 0.645. The fourth-order valence-electron chi connectivity index (χ4n) is 1.08. The number of carbonyl (C=O) groups excluding carboxylic acids is 1. The second-order valence-electron chi connectivity index (χ2n) is 3.14. The predicted octanol–water partition coefficient (Wildman–Crippen LogP) is -0.352. The van der Waals surface area contributed by atoms with Crippen LogP contribution in [0.3, 0.4) is 0 Å². The lowest BCUT2D eigenvalue weighted by Crippen LogP contribution is -2.44. The van der Waals surface area contributed by atoms with Crippen LogP contribution in [-0.4, -0.2) is 45.6 Å². The molecule has 0 unspecified atom stereocenters. The molecule has 0 atom stereocenters. The molecule has 0 aliphatic carbocycles. The third-order valence-corrected chi connectivity index (χ3v) is 3.29. The average molecular weight is 253 g/mol. The molecule has 0 aromatic rings. The molecule has 0 rings (SSSR count). The molecule has 0 bridgehead atoms. The molecule has 0 spiro atoms. The van der Waals surface area contributed by atoms with Gasteiger partial charge in [0.15, 0.2) is 0 Å². The molecule has 1 amide bonds. The summed E-state index contributed by atoms with van der Waals surface area (Å²) >= 11 is 0. The van der Waals surface area contributed by atoms with Crippen molar-refractivity contribution in [2.45, 2.75) is 19.8 Å². The summed E-state index contributed by atoms with van der Waals surface area (Å²) in [6.45, 7) is 2.88. The molecule has 0 aromatic carbocycles. The number of methoxy groups -OCH3 is 1. The molecule has 3 N–H and O–H groups in total. The first kappa shape index (κ1) is 15.1. The van der Waals surface area contributed by atoms with E-state index in [2.05, 4.69) is 4.74 Å². The minimum Gasteiger partial charge on any atom is -0.452 e. The molecule has 0 aliphatic heterocycles. The summed E-state index contributed by atoms with van der Waals surface area (Å²) in [5, 5.41) is 0. The Morgan fingerprint density at radius 3 is 2.50 bits per heavy atom. The Balaban J connectivity index is 4.55. The van der Waals surface area contributed by atoms with Crippen molar-refractivity contribution >= 4 is 16.3 Å². The van der Waals surface area contributed by atoms with Crippen LogP contribution in [0.25, 0.3) is 0 Å². The third-order valence-electron chi connectivity index (χ3n) is 1.82. The first-order valence-corrected chi connectivity index (χ1v) is 6.47. The molecule has 0 radical (unpaired) electrons. The Kier molecular flexibility index (Phi) is 7.02. The highest BCUT2D eigenvalue weighted by Gasteiger charge is 2.23. The van der Waals surface area contributed by atoms with Gasteiger partial charge in [-0.3, -0.25) is 0 Å². The summed E-state index contributed by atoms with van der Waals surface area (Å²) in [5.41, 5.74) is 5.31. The zero-order valence-corrected chi connectivity index (χ0v) is 10.4. The van der Waals surface area contributed by atoms with E-state index in [0.717, 1.165) is 7.11 Å². The lowest BCUT2D eigenvalue weighted by atomic mass is 10.4. The number of nitrogens with one attached hydrogen (secondary N) is 1. The molecule has 0 saturated heterocycles. The Labute approximate surface area is 96.1 Å². The van der Waals surface area contributed by atoms with Gasteiger partial charge in [-0.15, -0.1) is 0 Å². The van der Waals surface area contributed by atoms with E-state index in [9.17, 15) is 13.2 Å². The van der Waals surface area contributed by atoms with Gasteiger partial charge in [-0.1, -0.05) is 6.92 Å². The first-order valence-electron chi connectivity index (χ1n) is 5.03.